The average molecular weight is 529 g/mol. The highest BCUT2D eigenvalue weighted by molar-refractivity contribution is 6.07. The Bertz CT molecular complexity index is 1310. The van der Waals surface area contributed by atoms with E-state index in [4.69, 9.17) is 9.47 Å². The van der Waals surface area contributed by atoms with Crippen molar-refractivity contribution in [1.82, 2.24) is 5.32 Å². The van der Waals surface area contributed by atoms with Gasteiger partial charge in [0.25, 0.3) is 11.8 Å². The van der Waals surface area contributed by atoms with E-state index in [2.05, 4.69) is 26.5 Å². The Morgan fingerprint density at radius 2 is 1.62 bits per heavy atom. The van der Waals surface area contributed by atoms with E-state index in [0.717, 1.165) is 68.3 Å². The molecule has 0 spiro atoms. The summed E-state index contributed by atoms with van der Waals surface area (Å²) in [5, 5.41) is 6.04. The summed E-state index contributed by atoms with van der Waals surface area (Å²) < 4.78 is 11.3. The van der Waals surface area contributed by atoms with Gasteiger partial charge in [-0.05, 0) is 61.7 Å². The molecule has 8 nitrogen and oxygen atoms in total. The molecule has 8 heteroatoms. The van der Waals surface area contributed by atoms with Gasteiger partial charge in [-0.2, -0.15) is 0 Å². The van der Waals surface area contributed by atoms with Gasteiger partial charge in [0, 0.05) is 56.3 Å². The molecule has 204 valence electrons. The molecule has 1 unspecified atom stereocenters. The van der Waals surface area contributed by atoms with Crippen LogP contribution in [0.5, 0.6) is 5.75 Å². The lowest BCUT2D eigenvalue weighted by atomic mass is 10.1. The van der Waals surface area contributed by atoms with Crippen molar-refractivity contribution >= 4 is 28.9 Å². The van der Waals surface area contributed by atoms with Gasteiger partial charge in [-0.1, -0.05) is 30.3 Å². The molecule has 2 aliphatic heterocycles. The quantitative estimate of drug-likeness (QED) is 0.448. The SMILES string of the molecule is COc1ccccc1N1CCN(c2ccc(NC(=O)c3ccccc3C)cc2C(=O)NCC2CCCO2)CC1. The minimum atomic E-state index is -0.197. The Balaban J connectivity index is 1.35. The maximum atomic E-state index is 13.5. The molecule has 2 saturated heterocycles. The Morgan fingerprint density at radius 3 is 2.33 bits per heavy atom. The molecule has 3 aromatic rings. The molecule has 3 aromatic carbocycles. The lowest BCUT2D eigenvalue weighted by molar-refractivity contribution is 0.0858. The lowest BCUT2D eigenvalue weighted by Crippen LogP contribution is -2.47. The Kier molecular flexibility index (Phi) is 8.32. The predicted molar refractivity (Wildman–Crippen MR) is 154 cm³/mol. The topological polar surface area (TPSA) is 83.1 Å². The van der Waals surface area contributed by atoms with Crippen molar-refractivity contribution in [2.75, 3.05) is 61.6 Å². The van der Waals surface area contributed by atoms with Crippen molar-refractivity contribution in [1.29, 1.82) is 0 Å². The largest absolute Gasteiger partial charge is 0.495 e. The number of anilines is 3. The van der Waals surface area contributed by atoms with Crippen LogP contribution in [0.2, 0.25) is 0 Å². The van der Waals surface area contributed by atoms with Crippen LogP contribution in [0.4, 0.5) is 17.1 Å². The van der Waals surface area contributed by atoms with Gasteiger partial charge in [0.15, 0.2) is 0 Å². The first-order valence-electron chi connectivity index (χ1n) is 13.6. The van der Waals surface area contributed by atoms with Gasteiger partial charge in [-0.15, -0.1) is 0 Å². The van der Waals surface area contributed by atoms with E-state index in [0.29, 0.717) is 23.4 Å². The van der Waals surface area contributed by atoms with Crippen LogP contribution in [-0.4, -0.2) is 64.4 Å². The van der Waals surface area contributed by atoms with Crippen LogP contribution < -0.4 is 25.2 Å². The van der Waals surface area contributed by atoms with E-state index in [1.165, 1.54) is 0 Å². The third-order valence-electron chi connectivity index (χ3n) is 7.45. The summed E-state index contributed by atoms with van der Waals surface area (Å²) in [6.07, 6.45) is 2.01. The fraction of sp³-hybridized carbons (Fsp3) is 0.355. The number of ether oxygens (including phenoxy) is 2. The van der Waals surface area contributed by atoms with Crippen molar-refractivity contribution in [2.24, 2.45) is 0 Å². The van der Waals surface area contributed by atoms with E-state index < -0.39 is 0 Å². The van der Waals surface area contributed by atoms with Crippen LogP contribution in [0.3, 0.4) is 0 Å². The number of amides is 2. The van der Waals surface area contributed by atoms with Crippen molar-refractivity contribution in [3.63, 3.8) is 0 Å². The molecule has 2 N–H and O–H groups in total. The molecule has 2 fully saturated rings. The minimum absolute atomic E-state index is 0.0470. The van der Waals surface area contributed by atoms with Crippen molar-refractivity contribution in [3.05, 3.63) is 83.4 Å². The maximum Gasteiger partial charge on any atom is 0.255 e. The highest BCUT2D eigenvalue weighted by Gasteiger charge is 2.25. The molecule has 0 aromatic heterocycles. The van der Waals surface area contributed by atoms with E-state index in [-0.39, 0.29) is 17.9 Å². The average Bonchev–Trinajstić information content (AvgIpc) is 3.50. The van der Waals surface area contributed by atoms with E-state index >= 15 is 0 Å². The molecule has 39 heavy (non-hydrogen) atoms. The van der Waals surface area contributed by atoms with E-state index in [9.17, 15) is 9.59 Å². The van der Waals surface area contributed by atoms with Gasteiger partial charge in [0.2, 0.25) is 0 Å². The number of aryl methyl sites for hydroxylation is 1. The number of piperazine rings is 1. The number of nitrogens with zero attached hydrogens (tertiary/aromatic N) is 2. The number of benzene rings is 3. The number of nitrogens with one attached hydrogen (secondary N) is 2. The second kappa shape index (κ2) is 12.2. The second-order valence-corrected chi connectivity index (χ2v) is 9.99. The standard InChI is InChI=1S/C31H36N4O4/c1-22-8-3-4-10-25(22)31(37)33-23-13-14-27(26(20-23)30(36)32-21-24-9-7-19-39-24)34-15-17-35(18-16-34)28-11-5-6-12-29(28)38-2/h3-6,8,10-14,20,24H,7,9,15-19,21H2,1-2H3,(H,32,36)(H,33,37). The zero-order valence-electron chi connectivity index (χ0n) is 22.6. The molecule has 5 rings (SSSR count). The van der Waals surface area contributed by atoms with E-state index in [1.54, 1.807) is 19.2 Å². The van der Waals surface area contributed by atoms with Crippen molar-refractivity contribution in [2.45, 2.75) is 25.9 Å². The van der Waals surface area contributed by atoms with Gasteiger partial charge in [0.1, 0.15) is 5.75 Å². The molecule has 0 radical (unpaired) electrons. The second-order valence-electron chi connectivity index (χ2n) is 9.99. The van der Waals surface area contributed by atoms with Crippen LogP contribution in [-0.2, 0) is 4.74 Å². The number of carbonyl (C=O) groups excluding carboxylic acids is 2. The summed E-state index contributed by atoms with van der Waals surface area (Å²) in [6.45, 7) is 6.21. The molecule has 0 bridgehead atoms. The lowest BCUT2D eigenvalue weighted by Gasteiger charge is -2.38. The fourth-order valence-corrected chi connectivity index (χ4v) is 5.28. The number of carbonyl (C=O) groups is 2. The van der Waals surface area contributed by atoms with Crippen molar-refractivity contribution in [3.8, 4) is 5.75 Å². The number of para-hydroxylation sites is 2. The molecular weight excluding hydrogens is 492 g/mol. The Hall–Kier alpha value is -4.04. The van der Waals surface area contributed by atoms with Gasteiger partial charge in [-0.25, -0.2) is 0 Å². The fourth-order valence-electron chi connectivity index (χ4n) is 5.28. The van der Waals surface area contributed by atoms with Gasteiger partial charge in [0.05, 0.1) is 24.5 Å². The molecule has 2 heterocycles. The normalized spacial score (nSPS) is 17.1. The molecule has 0 aliphatic carbocycles. The zero-order chi connectivity index (χ0) is 27.2. The first-order chi connectivity index (χ1) is 19.0. The van der Waals surface area contributed by atoms with Gasteiger partial charge in [-0.3, -0.25) is 9.59 Å². The number of rotatable bonds is 8. The third-order valence-corrected chi connectivity index (χ3v) is 7.45. The Morgan fingerprint density at radius 1 is 0.897 bits per heavy atom. The Labute approximate surface area is 229 Å². The first kappa shape index (κ1) is 26.6. The number of methoxy groups -OCH3 is 1. The van der Waals surface area contributed by atoms with Crippen LogP contribution >= 0.6 is 0 Å². The molecular formula is C31H36N4O4. The molecule has 2 amide bonds. The summed E-state index contributed by atoms with van der Waals surface area (Å²) in [4.78, 5) is 31.0. The zero-order valence-corrected chi connectivity index (χ0v) is 22.6. The molecule has 1 atom stereocenters. The van der Waals surface area contributed by atoms with Crippen LogP contribution in [0.25, 0.3) is 0 Å². The summed E-state index contributed by atoms with van der Waals surface area (Å²) >= 11 is 0. The predicted octanol–water partition coefficient (Wildman–Crippen LogP) is 4.49. The summed E-state index contributed by atoms with van der Waals surface area (Å²) in [7, 11) is 1.69. The highest BCUT2D eigenvalue weighted by atomic mass is 16.5. The number of hydrogen-bond acceptors (Lipinski definition) is 6. The summed E-state index contributed by atoms with van der Waals surface area (Å²) in [5.41, 5.74) is 4.56. The van der Waals surface area contributed by atoms with Crippen LogP contribution in [0.1, 0.15) is 39.1 Å². The first-order valence-corrected chi connectivity index (χ1v) is 13.6. The number of hydrogen-bond donors (Lipinski definition) is 2. The van der Waals surface area contributed by atoms with Crippen molar-refractivity contribution < 1.29 is 19.1 Å². The van der Waals surface area contributed by atoms with E-state index in [1.807, 2.05) is 55.5 Å². The minimum Gasteiger partial charge on any atom is -0.495 e. The summed E-state index contributed by atoms with van der Waals surface area (Å²) in [5.74, 6) is 0.491. The summed E-state index contributed by atoms with van der Waals surface area (Å²) in [6, 6.07) is 21.1. The van der Waals surface area contributed by atoms with Gasteiger partial charge < -0.3 is 29.9 Å². The molecule has 0 saturated carbocycles. The van der Waals surface area contributed by atoms with Gasteiger partial charge >= 0.3 is 0 Å². The van der Waals surface area contributed by atoms with Crippen LogP contribution in [0, 0.1) is 6.92 Å². The maximum absolute atomic E-state index is 13.5. The smallest absolute Gasteiger partial charge is 0.255 e. The monoisotopic (exact) mass is 528 g/mol. The van der Waals surface area contributed by atoms with Crippen LogP contribution in [0.15, 0.2) is 66.7 Å². The third kappa shape index (κ3) is 6.17. The molecule has 2 aliphatic rings. The highest BCUT2D eigenvalue weighted by Crippen LogP contribution is 2.31.